The number of aliphatic hydroxyl groups excluding tert-OH is 1. The van der Waals surface area contributed by atoms with Crippen molar-refractivity contribution in [1.82, 2.24) is 24.9 Å². The number of benzene rings is 1. The molecule has 180 valence electrons. The van der Waals surface area contributed by atoms with Gasteiger partial charge in [0.25, 0.3) is 11.5 Å². The van der Waals surface area contributed by atoms with Gasteiger partial charge in [-0.3, -0.25) is 14.0 Å². The van der Waals surface area contributed by atoms with E-state index in [0.29, 0.717) is 29.2 Å². The van der Waals surface area contributed by atoms with Gasteiger partial charge in [-0.15, -0.1) is 0 Å². The summed E-state index contributed by atoms with van der Waals surface area (Å²) in [6, 6.07) is 11.6. The van der Waals surface area contributed by atoms with E-state index < -0.39 is 0 Å². The number of carbonyl (C=O) groups is 1. The average Bonchev–Trinajstić information content (AvgIpc) is 3.24. The lowest BCUT2D eigenvalue weighted by Crippen LogP contribution is -2.55. The molecular formula is C26H28N6O3. The van der Waals surface area contributed by atoms with Gasteiger partial charge in [-0.1, -0.05) is 18.2 Å². The first-order chi connectivity index (χ1) is 17.0. The van der Waals surface area contributed by atoms with Crippen LogP contribution in [0.4, 0.5) is 5.69 Å². The maximum atomic E-state index is 13.0. The number of fused-ring (bicyclic) bond motifs is 2. The molecule has 9 heteroatoms. The van der Waals surface area contributed by atoms with Gasteiger partial charge >= 0.3 is 0 Å². The first-order valence-corrected chi connectivity index (χ1v) is 12.0. The molecular weight excluding hydrogens is 444 g/mol. The molecule has 1 spiro atoms. The zero-order valence-corrected chi connectivity index (χ0v) is 19.6. The molecule has 6 rings (SSSR count). The highest BCUT2D eigenvalue weighted by atomic mass is 16.3. The van der Waals surface area contributed by atoms with Gasteiger partial charge in [0.05, 0.1) is 23.9 Å². The number of H-pyrrole nitrogens is 1. The van der Waals surface area contributed by atoms with Crippen molar-refractivity contribution >= 4 is 28.0 Å². The Bertz CT molecular complexity index is 1480. The molecule has 0 saturated heterocycles. The quantitative estimate of drug-likeness (QED) is 0.397. The van der Waals surface area contributed by atoms with E-state index in [9.17, 15) is 9.59 Å². The van der Waals surface area contributed by atoms with Crippen LogP contribution in [0.15, 0.2) is 53.6 Å². The molecule has 0 bridgehead atoms. The second-order valence-corrected chi connectivity index (χ2v) is 10.1. The van der Waals surface area contributed by atoms with Crippen LogP contribution in [-0.4, -0.2) is 56.8 Å². The Balaban J connectivity index is 1.09. The van der Waals surface area contributed by atoms with Crippen molar-refractivity contribution in [1.29, 1.82) is 0 Å². The number of hydrogen-bond acceptors (Lipinski definition) is 6. The minimum atomic E-state index is -0.148. The predicted octanol–water partition coefficient (Wildman–Crippen LogP) is 2.46. The standard InChI is InChI=1S/C26H28N6O3/c1-31(8-9-33)18-6-7-32-21(15-27-22(32)10-18)25(35)28-17-13-26(14-17)11-16(12-26)23-19-4-2-3-5-20(19)24(34)30-29-23/h2-7,10,15-17,33H,8-9,11-14H2,1H3,(H,28,35)(H,30,34). The van der Waals surface area contributed by atoms with Crippen LogP contribution in [0.2, 0.25) is 0 Å². The summed E-state index contributed by atoms with van der Waals surface area (Å²) in [6.07, 6.45) is 7.44. The number of amides is 1. The Hall–Kier alpha value is -3.72. The molecule has 2 aliphatic carbocycles. The number of pyridine rings is 1. The summed E-state index contributed by atoms with van der Waals surface area (Å²) in [5.74, 6) is 0.225. The number of nitrogens with one attached hydrogen (secondary N) is 2. The van der Waals surface area contributed by atoms with Crippen LogP contribution in [0.25, 0.3) is 16.4 Å². The van der Waals surface area contributed by atoms with Crippen LogP contribution in [0.5, 0.6) is 0 Å². The molecule has 3 aromatic heterocycles. The third-order valence-electron chi connectivity index (χ3n) is 7.77. The molecule has 9 nitrogen and oxygen atoms in total. The Labute approximate surface area is 201 Å². The third kappa shape index (κ3) is 3.67. The number of aromatic amines is 1. The van der Waals surface area contributed by atoms with Gasteiger partial charge < -0.3 is 15.3 Å². The van der Waals surface area contributed by atoms with Gasteiger partial charge in [0, 0.05) is 48.9 Å². The smallest absolute Gasteiger partial charge is 0.272 e. The predicted molar refractivity (Wildman–Crippen MR) is 133 cm³/mol. The number of aromatic nitrogens is 4. The van der Waals surface area contributed by atoms with E-state index in [4.69, 9.17) is 5.11 Å². The van der Waals surface area contributed by atoms with Crippen LogP contribution in [0.1, 0.15) is 47.8 Å². The van der Waals surface area contributed by atoms with Gasteiger partial charge in [-0.2, -0.15) is 5.10 Å². The first-order valence-electron chi connectivity index (χ1n) is 12.0. The van der Waals surface area contributed by atoms with Crippen molar-refractivity contribution < 1.29 is 9.90 Å². The minimum Gasteiger partial charge on any atom is -0.395 e. The van der Waals surface area contributed by atoms with Crippen molar-refractivity contribution in [3.63, 3.8) is 0 Å². The average molecular weight is 473 g/mol. The molecule has 0 aliphatic heterocycles. The minimum absolute atomic E-state index is 0.0748. The highest BCUT2D eigenvalue weighted by molar-refractivity contribution is 5.93. The number of nitrogens with zero attached hydrogens (tertiary/aromatic N) is 4. The number of carbonyl (C=O) groups excluding carboxylic acids is 1. The molecule has 0 radical (unpaired) electrons. The molecule has 0 unspecified atom stereocenters. The Kier molecular flexibility index (Phi) is 5.10. The Morgan fingerprint density at radius 3 is 2.77 bits per heavy atom. The van der Waals surface area contributed by atoms with Crippen LogP contribution < -0.4 is 15.8 Å². The molecule has 0 atom stereocenters. The second kappa shape index (κ2) is 8.20. The van der Waals surface area contributed by atoms with Gasteiger partial charge in [0.15, 0.2) is 0 Å². The lowest BCUT2D eigenvalue weighted by Gasteiger charge is -2.57. The van der Waals surface area contributed by atoms with E-state index in [1.165, 1.54) is 0 Å². The highest BCUT2D eigenvalue weighted by Crippen LogP contribution is 2.62. The zero-order chi connectivity index (χ0) is 24.2. The molecule has 1 aromatic carbocycles. The maximum absolute atomic E-state index is 13.0. The summed E-state index contributed by atoms with van der Waals surface area (Å²) in [5, 5.41) is 21.0. The number of anilines is 1. The van der Waals surface area contributed by atoms with E-state index in [0.717, 1.165) is 42.5 Å². The molecule has 2 fully saturated rings. The molecule has 1 amide bonds. The van der Waals surface area contributed by atoms with Crippen molar-refractivity contribution in [2.45, 2.75) is 37.6 Å². The summed E-state index contributed by atoms with van der Waals surface area (Å²) >= 11 is 0. The van der Waals surface area contributed by atoms with E-state index in [2.05, 4.69) is 20.5 Å². The largest absolute Gasteiger partial charge is 0.395 e. The van der Waals surface area contributed by atoms with E-state index >= 15 is 0 Å². The van der Waals surface area contributed by atoms with Crippen LogP contribution in [0.3, 0.4) is 0 Å². The summed E-state index contributed by atoms with van der Waals surface area (Å²) in [7, 11) is 1.91. The molecule has 4 aromatic rings. The number of imidazole rings is 1. The number of aliphatic hydroxyl groups is 1. The molecule has 3 N–H and O–H groups in total. The fourth-order valence-electron chi connectivity index (χ4n) is 5.96. The van der Waals surface area contributed by atoms with E-state index in [-0.39, 0.29) is 29.5 Å². The fourth-order valence-corrected chi connectivity index (χ4v) is 5.96. The summed E-state index contributed by atoms with van der Waals surface area (Å²) in [5.41, 5.74) is 3.25. The second-order valence-electron chi connectivity index (χ2n) is 10.1. The topological polar surface area (TPSA) is 116 Å². The molecule has 2 aliphatic rings. The Morgan fingerprint density at radius 2 is 2.00 bits per heavy atom. The van der Waals surface area contributed by atoms with Crippen LogP contribution >= 0.6 is 0 Å². The lowest BCUT2D eigenvalue weighted by molar-refractivity contribution is -0.0197. The maximum Gasteiger partial charge on any atom is 0.272 e. The highest BCUT2D eigenvalue weighted by Gasteiger charge is 2.54. The van der Waals surface area contributed by atoms with Crippen LogP contribution in [-0.2, 0) is 0 Å². The summed E-state index contributed by atoms with van der Waals surface area (Å²) in [6.45, 7) is 0.606. The van der Waals surface area contributed by atoms with Crippen LogP contribution in [0, 0.1) is 5.41 Å². The normalized spacial score (nSPS) is 23.3. The SMILES string of the molecule is CN(CCO)c1ccn2c(C(=O)NC3CC4(C3)CC(c3n[nH]c(=O)c5ccccc35)C4)cnc2c1. The van der Waals surface area contributed by atoms with Crippen molar-refractivity contribution in [3.8, 4) is 0 Å². The Morgan fingerprint density at radius 1 is 1.23 bits per heavy atom. The monoisotopic (exact) mass is 472 g/mol. The van der Waals surface area contributed by atoms with Gasteiger partial charge in [0.1, 0.15) is 11.3 Å². The third-order valence-corrected chi connectivity index (χ3v) is 7.77. The zero-order valence-electron chi connectivity index (χ0n) is 19.6. The fraction of sp³-hybridized carbons (Fsp3) is 0.385. The molecule has 35 heavy (non-hydrogen) atoms. The number of rotatable bonds is 6. The number of hydrogen-bond donors (Lipinski definition) is 3. The summed E-state index contributed by atoms with van der Waals surface area (Å²) in [4.78, 5) is 31.4. The van der Waals surface area contributed by atoms with Crippen molar-refractivity contribution in [3.05, 3.63) is 70.5 Å². The summed E-state index contributed by atoms with van der Waals surface area (Å²) < 4.78 is 1.80. The van der Waals surface area contributed by atoms with Gasteiger partial charge in [0.2, 0.25) is 0 Å². The lowest BCUT2D eigenvalue weighted by atomic mass is 9.49. The van der Waals surface area contributed by atoms with E-state index in [1.54, 1.807) is 10.6 Å². The van der Waals surface area contributed by atoms with E-state index in [1.807, 2.05) is 54.5 Å². The molecule has 2 saturated carbocycles. The van der Waals surface area contributed by atoms with Crippen molar-refractivity contribution in [2.75, 3.05) is 25.1 Å². The number of likely N-dealkylation sites (N-methyl/N-ethyl adjacent to an activating group) is 1. The first kappa shape index (κ1) is 21.8. The van der Waals surface area contributed by atoms with Gasteiger partial charge in [-0.05, 0) is 43.2 Å². The van der Waals surface area contributed by atoms with Gasteiger partial charge in [-0.25, -0.2) is 10.1 Å². The molecule has 3 heterocycles. The van der Waals surface area contributed by atoms with Crippen molar-refractivity contribution in [2.24, 2.45) is 5.41 Å².